The summed E-state index contributed by atoms with van der Waals surface area (Å²) in [7, 11) is 0. The number of fused-ring (bicyclic) bond motifs is 4. The third-order valence-corrected chi connectivity index (χ3v) is 6.60. The molecule has 1 heterocycles. The van der Waals surface area contributed by atoms with Gasteiger partial charge in [0.2, 0.25) is 0 Å². The van der Waals surface area contributed by atoms with Crippen LogP contribution >= 0.6 is 0 Å². The molecule has 0 fully saturated rings. The van der Waals surface area contributed by atoms with Gasteiger partial charge in [0.05, 0.1) is 16.9 Å². The van der Waals surface area contributed by atoms with Crippen molar-refractivity contribution in [2.24, 2.45) is 10.2 Å². The van der Waals surface area contributed by atoms with Crippen LogP contribution in [0.5, 0.6) is 0 Å². The third-order valence-electron chi connectivity index (χ3n) is 6.60. The number of hydrogen-bond acceptors (Lipinski definition) is 4. The molecule has 5 aromatic carbocycles. The van der Waals surface area contributed by atoms with Gasteiger partial charge in [0, 0.05) is 39.7 Å². The van der Waals surface area contributed by atoms with Crippen LogP contribution in [0.1, 0.15) is 17.3 Å². The van der Waals surface area contributed by atoms with E-state index in [1.165, 1.54) is 10.9 Å². The Labute approximate surface area is 214 Å². The summed E-state index contributed by atoms with van der Waals surface area (Å²) in [5.74, 6) is -0.272. The van der Waals surface area contributed by atoms with E-state index in [9.17, 15) is 4.79 Å². The lowest BCUT2D eigenvalue weighted by Gasteiger charge is -2.09. The third kappa shape index (κ3) is 4.19. The van der Waals surface area contributed by atoms with Gasteiger partial charge in [-0.1, -0.05) is 48.5 Å². The van der Waals surface area contributed by atoms with Crippen LogP contribution in [0.25, 0.3) is 32.6 Å². The first kappa shape index (κ1) is 22.5. The number of nitrogens with two attached hydrogens (primary N) is 1. The van der Waals surface area contributed by atoms with Crippen molar-refractivity contribution in [2.45, 2.75) is 13.5 Å². The average molecular weight is 484 g/mol. The lowest BCUT2D eigenvalue weighted by atomic mass is 10.0. The zero-order chi connectivity index (χ0) is 25.4. The van der Waals surface area contributed by atoms with Gasteiger partial charge >= 0.3 is 0 Å². The van der Waals surface area contributed by atoms with Gasteiger partial charge in [-0.3, -0.25) is 4.79 Å². The van der Waals surface area contributed by atoms with E-state index < -0.39 is 0 Å². The molecule has 0 saturated carbocycles. The summed E-state index contributed by atoms with van der Waals surface area (Å²) in [6, 6.07) is 33.2. The Kier molecular flexibility index (Phi) is 5.62. The fourth-order valence-electron chi connectivity index (χ4n) is 4.86. The Morgan fingerprint density at radius 1 is 0.784 bits per heavy atom. The molecule has 37 heavy (non-hydrogen) atoms. The number of carbonyl (C=O) groups excluding carboxylic acids is 1. The second kappa shape index (κ2) is 9.24. The molecule has 0 aliphatic heterocycles. The summed E-state index contributed by atoms with van der Waals surface area (Å²) in [4.78, 5) is 13.3. The van der Waals surface area contributed by atoms with E-state index in [0.717, 1.165) is 33.9 Å². The van der Waals surface area contributed by atoms with E-state index in [0.29, 0.717) is 22.6 Å². The molecule has 0 saturated heterocycles. The number of nitrogens with zero attached hydrogens (tertiary/aromatic N) is 3. The number of anilines is 2. The highest BCUT2D eigenvalue weighted by Gasteiger charge is 2.14. The van der Waals surface area contributed by atoms with Crippen molar-refractivity contribution in [3.63, 3.8) is 0 Å². The summed E-state index contributed by atoms with van der Waals surface area (Å²) in [6.07, 6.45) is 0. The molecule has 6 rings (SSSR count). The van der Waals surface area contributed by atoms with E-state index in [4.69, 9.17) is 5.73 Å². The molecule has 6 aromatic rings. The summed E-state index contributed by atoms with van der Waals surface area (Å²) < 4.78 is 2.30. The van der Waals surface area contributed by atoms with Crippen LogP contribution in [0.15, 0.2) is 113 Å². The summed E-state index contributed by atoms with van der Waals surface area (Å²) in [6.45, 7) is 3.03. The lowest BCUT2D eigenvalue weighted by molar-refractivity contribution is 0.102. The normalized spacial score (nSPS) is 11.6. The van der Waals surface area contributed by atoms with Gasteiger partial charge in [-0.25, -0.2) is 0 Å². The topological polar surface area (TPSA) is 84.8 Å². The molecule has 1 amide bonds. The molecule has 6 nitrogen and oxygen atoms in total. The van der Waals surface area contributed by atoms with Crippen molar-refractivity contribution in [3.8, 4) is 0 Å². The number of carbonyl (C=O) groups is 1. The van der Waals surface area contributed by atoms with Crippen LogP contribution in [0.4, 0.5) is 22.7 Å². The highest BCUT2D eigenvalue weighted by molar-refractivity contribution is 6.11. The van der Waals surface area contributed by atoms with Crippen LogP contribution in [0.3, 0.4) is 0 Å². The summed E-state index contributed by atoms with van der Waals surface area (Å²) in [5, 5.41) is 16.3. The fraction of sp³-hybridized carbons (Fsp3) is 0.0645. The molecular weight excluding hydrogens is 458 g/mol. The Morgan fingerprint density at radius 3 is 2.35 bits per heavy atom. The number of aryl methyl sites for hydroxylation is 1. The van der Waals surface area contributed by atoms with Crippen molar-refractivity contribution < 1.29 is 4.79 Å². The molecule has 0 spiro atoms. The first-order valence-corrected chi connectivity index (χ1v) is 12.2. The number of hydrogen-bond donors (Lipinski definition) is 2. The molecule has 0 aliphatic carbocycles. The van der Waals surface area contributed by atoms with Gasteiger partial charge < -0.3 is 15.6 Å². The first-order chi connectivity index (χ1) is 18.1. The number of nitrogens with one attached hydrogen (secondary N) is 1. The van der Waals surface area contributed by atoms with E-state index in [-0.39, 0.29) is 5.91 Å². The molecule has 0 atom stereocenters. The predicted molar refractivity (Wildman–Crippen MR) is 152 cm³/mol. The minimum Gasteiger partial charge on any atom is -0.399 e. The van der Waals surface area contributed by atoms with Gasteiger partial charge in [-0.2, -0.15) is 5.11 Å². The van der Waals surface area contributed by atoms with Gasteiger partial charge in [0.15, 0.2) is 0 Å². The maximum absolute atomic E-state index is 13.3. The van der Waals surface area contributed by atoms with Crippen LogP contribution < -0.4 is 11.1 Å². The second-order valence-corrected chi connectivity index (χ2v) is 8.96. The zero-order valence-electron chi connectivity index (χ0n) is 20.3. The molecule has 0 unspecified atom stereocenters. The Hall–Kier alpha value is -4.97. The van der Waals surface area contributed by atoms with Crippen molar-refractivity contribution in [3.05, 3.63) is 109 Å². The summed E-state index contributed by atoms with van der Waals surface area (Å²) >= 11 is 0. The summed E-state index contributed by atoms with van der Waals surface area (Å²) in [5.41, 5.74) is 11.1. The quantitative estimate of drug-likeness (QED) is 0.191. The standard InChI is InChI=1S/C31H25N5O/c1-2-36-29-13-6-5-12-25(29)26-19-24(14-15-30(26)36)34-35-28-17-21-9-4-3-8-20(21)16-27(28)31(37)33-23-11-7-10-22(32)18-23/h3-19H,2,32H2,1H3,(H,33,37)/b35-34+. The highest BCUT2D eigenvalue weighted by atomic mass is 16.1. The van der Waals surface area contributed by atoms with E-state index in [1.807, 2.05) is 42.5 Å². The van der Waals surface area contributed by atoms with Crippen molar-refractivity contribution in [2.75, 3.05) is 11.1 Å². The molecule has 0 radical (unpaired) electrons. The smallest absolute Gasteiger partial charge is 0.257 e. The van der Waals surface area contributed by atoms with Gasteiger partial charge in [0.25, 0.3) is 5.91 Å². The lowest BCUT2D eigenvalue weighted by Crippen LogP contribution is -2.12. The average Bonchev–Trinajstić information content (AvgIpc) is 3.24. The van der Waals surface area contributed by atoms with Crippen LogP contribution in [0.2, 0.25) is 0 Å². The van der Waals surface area contributed by atoms with E-state index in [2.05, 4.69) is 63.4 Å². The minimum atomic E-state index is -0.272. The van der Waals surface area contributed by atoms with Gasteiger partial charge in [0.1, 0.15) is 0 Å². The Morgan fingerprint density at radius 2 is 1.54 bits per heavy atom. The number of rotatable bonds is 5. The van der Waals surface area contributed by atoms with Crippen molar-refractivity contribution >= 4 is 61.2 Å². The van der Waals surface area contributed by atoms with Gasteiger partial charge in [-0.05, 0) is 72.3 Å². The number of nitrogen functional groups attached to an aromatic ring is 1. The van der Waals surface area contributed by atoms with Crippen LogP contribution in [-0.4, -0.2) is 10.5 Å². The Balaban J connectivity index is 1.42. The first-order valence-electron chi connectivity index (χ1n) is 12.2. The molecule has 0 aliphatic rings. The maximum Gasteiger partial charge on any atom is 0.257 e. The number of para-hydroxylation sites is 1. The monoisotopic (exact) mass is 483 g/mol. The van der Waals surface area contributed by atoms with Crippen molar-refractivity contribution in [1.29, 1.82) is 0 Å². The highest BCUT2D eigenvalue weighted by Crippen LogP contribution is 2.33. The molecule has 6 heteroatoms. The SMILES string of the molecule is CCn1c2ccccc2c2cc(/N=N/c3cc4ccccc4cc3C(=O)Nc3cccc(N)c3)ccc21. The van der Waals surface area contributed by atoms with E-state index in [1.54, 1.807) is 24.3 Å². The molecular formula is C31H25N5O. The van der Waals surface area contributed by atoms with E-state index >= 15 is 0 Å². The molecule has 3 N–H and O–H groups in total. The van der Waals surface area contributed by atoms with Crippen LogP contribution in [-0.2, 0) is 6.54 Å². The molecule has 1 aromatic heterocycles. The molecule has 180 valence electrons. The maximum atomic E-state index is 13.3. The largest absolute Gasteiger partial charge is 0.399 e. The second-order valence-electron chi connectivity index (χ2n) is 8.96. The fourth-order valence-corrected chi connectivity index (χ4v) is 4.86. The number of benzene rings is 5. The van der Waals surface area contributed by atoms with Crippen LogP contribution in [0, 0.1) is 0 Å². The van der Waals surface area contributed by atoms with Crippen molar-refractivity contribution in [1.82, 2.24) is 4.57 Å². The Bertz CT molecular complexity index is 1830. The predicted octanol–water partition coefficient (Wildman–Crippen LogP) is 8.22. The number of azo groups is 1. The molecule has 0 bridgehead atoms. The minimum absolute atomic E-state index is 0.272. The zero-order valence-corrected chi connectivity index (χ0v) is 20.3. The van der Waals surface area contributed by atoms with Gasteiger partial charge in [-0.15, -0.1) is 5.11 Å². The number of amides is 1. The number of aromatic nitrogens is 1.